The van der Waals surface area contributed by atoms with E-state index in [0.717, 1.165) is 5.56 Å². The summed E-state index contributed by atoms with van der Waals surface area (Å²) in [6.07, 6.45) is 0. The van der Waals surface area contributed by atoms with Gasteiger partial charge in [0, 0.05) is 5.56 Å². The lowest BCUT2D eigenvalue weighted by Gasteiger charge is -2.13. The van der Waals surface area contributed by atoms with E-state index >= 15 is 0 Å². The van der Waals surface area contributed by atoms with Crippen LogP contribution in [0.25, 0.3) is 5.76 Å². The summed E-state index contributed by atoms with van der Waals surface area (Å²) in [5.74, 6) is -2.38. The van der Waals surface area contributed by atoms with Gasteiger partial charge in [-0.25, -0.2) is 4.39 Å². The number of nitrogens with one attached hydrogen (secondary N) is 1. The van der Waals surface area contributed by atoms with Gasteiger partial charge in [0.2, 0.25) is 0 Å². The molecule has 1 aliphatic rings. The highest BCUT2D eigenvalue weighted by Crippen LogP contribution is 2.33. The van der Waals surface area contributed by atoms with Crippen LogP contribution in [0.3, 0.4) is 0 Å². The molecule has 4 nitrogen and oxygen atoms in total. The molecule has 23 heavy (non-hydrogen) atoms. The van der Waals surface area contributed by atoms with E-state index in [1.807, 2.05) is 6.92 Å². The second kappa shape index (κ2) is 5.68. The average molecular weight is 311 g/mol. The largest absolute Gasteiger partial charge is 0.507 e. The molecule has 1 amide bonds. The Morgan fingerprint density at radius 1 is 1.13 bits per heavy atom. The van der Waals surface area contributed by atoms with Gasteiger partial charge in [0.15, 0.2) is 0 Å². The van der Waals surface area contributed by atoms with Crippen LogP contribution < -0.4 is 5.32 Å². The monoisotopic (exact) mass is 311 g/mol. The second-order valence-electron chi connectivity index (χ2n) is 5.42. The number of rotatable bonds is 2. The fourth-order valence-electron chi connectivity index (χ4n) is 2.57. The van der Waals surface area contributed by atoms with Gasteiger partial charge in [-0.1, -0.05) is 42.0 Å². The molecule has 1 fully saturated rings. The summed E-state index contributed by atoms with van der Waals surface area (Å²) in [4.78, 5) is 23.9. The number of aliphatic hydroxyl groups is 1. The standard InChI is InChI=1S/C18H14FNO3/c1-10-5-7-11(8-6-10)16(21)14-15(20-18(23)17(14)22)12-3-2-4-13(19)9-12/h2-9,15,21H,1H3,(H,20,23)/b16-14-. The molecule has 116 valence electrons. The first-order chi connectivity index (χ1) is 11.0. The van der Waals surface area contributed by atoms with Crippen LogP contribution in [0.15, 0.2) is 54.1 Å². The van der Waals surface area contributed by atoms with E-state index in [9.17, 15) is 19.1 Å². The second-order valence-corrected chi connectivity index (χ2v) is 5.42. The fraction of sp³-hybridized carbons (Fsp3) is 0.111. The maximum atomic E-state index is 13.4. The number of Topliss-reactive ketones (excluding diaryl/α,β-unsaturated/α-hetero) is 1. The summed E-state index contributed by atoms with van der Waals surface area (Å²) >= 11 is 0. The molecule has 1 unspecified atom stereocenters. The Kier molecular flexibility index (Phi) is 3.70. The van der Waals surface area contributed by atoms with Crippen molar-refractivity contribution < 1.29 is 19.1 Å². The van der Waals surface area contributed by atoms with E-state index in [2.05, 4.69) is 5.32 Å². The minimum atomic E-state index is -0.869. The van der Waals surface area contributed by atoms with Crippen LogP contribution in [0.2, 0.25) is 0 Å². The number of hydrogen-bond acceptors (Lipinski definition) is 3. The molecule has 3 rings (SSSR count). The number of ketones is 1. The summed E-state index contributed by atoms with van der Waals surface area (Å²) in [6.45, 7) is 1.90. The first-order valence-corrected chi connectivity index (χ1v) is 7.08. The Labute approximate surface area is 132 Å². The van der Waals surface area contributed by atoms with E-state index in [-0.39, 0.29) is 11.3 Å². The number of benzene rings is 2. The molecule has 1 atom stereocenters. The van der Waals surface area contributed by atoms with Gasteiger partial charge >= 0.3 is 0 Å². The van der Waals surface area contributed by atoms with Crippen molar-refractivity contribution >= 4 is 17.4 Å². The first kappa shape index (κ1) is 15.0. The van der Waals surface area contributed by atoms with Gasteiger partial charge in [-0.2, -0.15) is 0 Å². The number of halogens is 1. The lowest BCUT2D eigenvalue weighted by molar-refractivity contribution is -0.133. The molecule has 0 aliphatic carbocycles. The number of aryl methyl sites for hydroxylation is 1. The number of aliphatic hydroxyl groups excluding tert-OH is 1. The van der Waals surface area contributed by atoms with Crippen LogP contribution in [-0.4, -0.2) is 16.8 Å². The topological polar surface area (TPSA) is 66.4 Å². The van der Waals surface area contributed by atoms with Crippen molar-refractivity contribution in [3.63, 3.8) is 0 Å². The number of carbonyl (C=O) groups excluding carboxylic acids is 2. The summed E-state index contributed by atoms with van der Waals surface area (Å²) < 4.78 is 13.4. The van der Waals surface area contributed by atoms with E-state index < -0.39 is 23.5 Å². The summed E-state index contributed by atoms with van der Waals surface area (Å²) in [7, 11) is 0. The minimum Gasteiger partial charge on any atom is -0.507 e. The number of carbonyl (C=O) groups is 2. The maximum Gasteiger partial charge on any atom is 0.293 e. The lowest BCUT2D eigenvalue weighted by atomic mass is 9.95. The molecule has 0 bridgehead atoms. The first-order valence-electron chi connectivity index (χ1n) is 7.08. The molecule has 2 aromatic rings. The molecule has 1 saturated heterocycles. The van der Waals surface area contributed by atoms with Gasteiger partial charge in [0.25, 0.3) is 11.7 Å². The molecule has 1 heterocycles. The van der Waals surface area contributed by atoms with Gasteiger partial charge < -0.3 is 10.4 Å². The SMILES string of the molecule is Cc1ccc(/C(O)=C2/C(=O)C(=O)NC2c2cccc(F)c2)cc1. The van der Waals surface area contributed by atoms with E-state index in [0.29, 0.717) is 11.1 Å². The Morgan fingerprint density at radius 3 is 2.48 bits per heavy atom. The smallest absolute Gasteiger partial charge is 0.293 e. The third kappa shape index (κ3) is 2.73. The molecule has 1 aliphatic heterocycles. The summed E-state index contributed by atoms with van der Waals surface area (Å²) in [6, 6.07) is 11.6. The molecule has 0 saturated carbocycles. The third-order valence-corrected chi connectivity index (χ3v) is 3.78. The van der Waals surface area contributed by atoms with Gasteiger partial charge in [-0.05, 0) is 24.6 Å². The van der Waals surface area contributed by atoms with Crippen LogP contribution in [-0.2, 0) is 9.59 Å². The molecule has 0 spiro atoms. The van der Waals surface area contributed by atoms with Crippen LogP contribution in [0.5, 0.6) is 0 Å². The molecular formula is C18H14FNO3. The van der Waals surface area contributed by atoms with Crippen molar-refractivity contribution in [3.8, 4) is 0 Å². The highest BCUT2D eigenvalue weighted by Gasteiger charge is 2.39. The van der Waals surface area contributed by atoms with Gasteiger partial charge in [-0.15, -0.1) is 0 Å². The van der Waals surface area contributed by atoms with Crippen LogP contribution in [0.4, 0.5) is 4.39 Å². The molecular weight excluding hydrogens is 297 g/mol. The Balaban J connectivity index is 2.12. The van der Waals surface area contributed by atoms with E-state index in [1.165, 1.54) is 18.2 Å². The molecule has 0 aromatic heterocycles. The zero-order valence-corrected chi connectivity index (χ0v) is 12.3. The molecule has 5 heteroatoms. The summed E-state index contributed by atoms with van der Waals surface area (Å²) in [5.41, 5.74) is 1.76. The quantitative estimate of drug-likeness (QED) is 0.509. The lowest BCUT2D eigenvalue weighted by Crippen LogP contribution is -2.21. The third-order valence-electron chi connectivity index (χ3n) is 3.78. The van der Waals surface area contributed by atoms with Crippen molar-refractivity contribution in [1.29, 1.82) is 0 Å². The zero-order chi connectivity index (χ0) is 16.6. The highest BCUT2D eigenvalue weighted by atomic mass is 19.1. The fourth-order valence-corrected chi connectivity index (χ4v) is 2.57. The van der Waals surface area contributed by atoms with Crippen molar-refractivity contribution in [1.82, 2.24) is 5.32 Å². The number of amides is 1. The predicted molar refractivity (Wildman–Crippen MR) is 83.0 cm³/mol. The molecule has 0 radical (unpaired) electrons. The van der Waals surface area contributed by atoms with E-state index in [1.54, 1.807) is 30.3 Å². The van der Waals surface area contributed by atoms with Crippen LogP contribution in [0, 0.1) is 12.7 Å². The van der Waals surface area contributed by atoms with Crippen molar-refractivity contribution in [2.75, 3.05) is 0 Å². The highest BCUT2D eigenvalue weighted by molar-refractivity contribution is 6.46. The van der Waals surface area contributed by atoms with Gasteiger partial charge in [-0.3, -0.25) is 9.59 Å². The maximum absolute atomic E-state index is 13.4. The van der Waals surface area contributed by atoms with Gasteiger partial charge in [0.05, 0.1) is 11.6 Å². The van der Waals surface area contributed by atoms with Gasteiger partial charge in [0.1, 0.15) is 11.6 Å². The Bertz CT molecular complexity index is 824. The van der Waals surface area contributed by atoms with Crippen molar-refractivity contribution in [3.05, 3.63) is 76.6 Å². The summed E-state index contributed by atoms with van der Waals surface area (Å²) in [5, 5.41) is 13.0. The minimum absolute atomic E-state index is 0.0653. The van der Waals surface area contributed by atoms with Crippen LogP contribution in [0.1, 0.15) is 22.7 Å². The normalized spacial score (nSPS) is 19.7. The Morgan fingerprint density at radius 2 is 1.83 bits per heavy atom. The van der Waals surface area contributed by atoms with E-state index in [4.69, 9.17) is 0 Å². The predicted octanol–water partition coefficient (Wildman–Crippen LogP) is 2.84. The van der Waals surface area contributed by atoms with Crippen molar-refractivity contribution in [2.24, 2.45) is 0 Å². The van der Waals surface area contributed by atoms with Crippen molar-refractivity contribution in [2.45, 2.75) is 13.0 Å². The molecule has 2 aromatic carbocycles. The average Bonchev–Trinajstić information content (AvgIpc) is 2.83. The Hall–Kier alpha value is -2.95. The number of hydrogen-bond donors (Lipinski definition) is 2. The van der Waals surface area contributed by atoms with Crippen LogP contribution >= 0.6 is 0 Å². The zero-order valence-electron chi connectivity index (χ0n) is 12.3. The molecule has 2 N–H and O–H groups in total.